The van der Waals surface area contributed by atoms with Crippen LogP contribution >= 0.6 is 27.3 Å². The lowest BCUT2D eigenvalue weighted by molar-refractivity contribution is 0.0956. The first-order valence-corrected chi connectivity index (χ1v) is 8.91. The van der Waals surface area contributed by atoms with E-state index >= 15 is 0 Å². The largest absolute Gasteiger partial charge is 0.352 e. The minimum absolute atomic E-state index is 0.0580. The second kappa shape index (κ2) is 5.93. The van der Waals surface area contributed by atoms with Gasteiger partial charge in [-0.05, 0) is 55.5 Å². The predicted octanol–water partition coefficient (Wildman–Crippen LogP) is 4.53. The maximum atomic E-state index is 12.2. The van der Waals surface area contributed by atoms with Gasteiger partial charge in [0.05, 0.1) is 4.83 Å². The Morgan fingerprint density at radius 2 is 2.10 bits per heavy atom. The number of rotatable bonds is 2. The van der Waals surface area contributed by atoms with Crippen molar-refractivity contribution in [2.45, 2.75) is 31.5 Å². The van der Waals surface area contributed by atoms with Crippen LogP contribution < -0.4 is 5.32 Å². The van der Waals surface area contributed by atoms with Crippen LogP contribution in [0.2, 0.25) is 0 Å². The Bertz CT molecular complexity index is 673. The summed E-state index contributed by atoms with van der Waals surface area (Å²) in [5, 5.41) is 2.97. The molecule has 2 heterocycles. The zero-order valence-electron chi connectivity index (χ0n) is 12.2. The maximum Gasteiger partial charge on any atom is 0.251 e. The van der Waals surface area contributed by atoms with Crippen molar-refractivity contribution in [3.05, 3.63) is 56.3 Å². The zero-order chi connectivity index (χ0) is 15.0. The van der Waals surface area contributed by atoms with Crippen LogP contribution in [0.1, 0.15) is 48.1 Å². The number of carbonyl (C=O) groups excluding carboxylic acids is 1. The molecule has 1 N–H and O–H groups in total. The Kier molecular flexibility index (Phi) is 4.18. The number of amides is 1. The van der Waals surface area contributed by atoms with Crippen molar-refractivity contribution in [2.24, 2.45) is 0 Å². The number of alkyl halides is 1. The first-order chi connectivity index (χ1) is 10.1. The van der Waals surface area contributed by atoms with E-state index in [4.69, 9.17) is 0 Å². The smallest absolute Gasteiger partial charge is 0.251 e. The molecule has 1 aromatic heterocycles. The fraction of sp³-hybridized carbons (Fsp3) is 0.353. The van der Waals surface area contributed by atoms with E-state index in [1.165, 1.54) is 15.3 Å². The van der Waals surface area contributed by atoms with Crippen molar-refractivity contribution in [1.82, 2.24) is 5.32 Å². The number of benzene rings is 1. The second-order valence-corrected chi connectivity index (χ2v) is 7.73. The molecule has 4 heteroatoms. The molecule has 1 atom stereocenters. The highest BCUT2D eigenvalue weighted by Crippen LogP contribution is 2.37. The van der Waals surface area contributed by atoms with Gasteiger partial charge in [-0.3, -0.25) is 4.79 Å². The van der Waals surface area contributed by atoms with Crippen LogP contribution in [0.3, 0.4) is 0 Å². The molecule has 1 amide bonds. The number of thiophene rings is 1. The number of halogens is 1. The van der Waals surface area contributed by atoms with Gasteiger partial charge in [0.1, 0.15) is 0 Å². The Hall–Kier alpha value is -1.13. The summed E-state index contributed by atoms with van der Waals surface area (Å²) in [4.78, 5) is 14.9. The van der Waals surface area contributed by atoms with Crippen LogP contribution in [0, 0.1) is 13.8 Å². The SMILES string of the molecule is Cc1cc(C(Br)c2ccc3c(c2)C(=O)NCCC3)sc1C. The number of hydrogen-bond acceptors (Lipinski definition) is 2. The average Bonchev–Trinajstić information content (AvgIpc) is 2.70. The minimum Gasteiger partial charge on any atom is -0.352 e. The van der Waals surface area contributed by atoms with Crippen molar-refractivity contribution in [3.63, 3.8) is 0 Å². The van der Waals surface area contributed by atoms with Crippen LogP contribution in [0.15, 0.2) is 24.3 Å². The predicted molar refractivity (Wildman–Crippen MR) is 91.7 cm³/mol. The minimum atomic E-state index is 0.0580. The second-order valence-electron chi connectivity index (χ2n) is 5.53. The molecular formula is C17H18BrNOS. The molecule has 0 aliphatic carbocycles. The Morgan fingerprint density at radius 3 is 2.81 bits per heavy atom. The van der Waals surface area contributed by atoms with Gasteiger partial charge in [-0.25, -0.2) is 0 Å². The average molecular weight is 364 g/mol. The van der Waals surface area contributed by atoms with Crippen LogP contribution in [0.25, 0.3) is 0 Å². The van der Waals surface area contributed by atoms with E-state index in [1.807, 2.05) is 17.4 Å². The lowest BCUT2D eigenvalue weighted by Crippen LogP contribution is -2.22. The van der Waals surface area contributed by atoms with Crippen LogP contribution in [-0.2, 0) is 6.42 Å². The molecule has 0 bridgehead atoms. The molecule has 2 nitrogen and oxygen atoms in total. The number of nitrogens with one attached hydrogen (secondary N) is 1. The quantitative estimate of drug-likeness (QED) is 0.780. The molecule has 0 radical (unpaired) electrons. The van der Waals surface area contributed by atoms with Gasteiger partial charge in [0.25, 0.3) is 5.91 Å². The maximum absolute atomic E-state index is 12.2. The van der Waals surface area contributed by atoms with Gasteiger partial charge in [-0.1, -0.05) is 28.1 Å². The Balaban J connectivity index is 1.97. The number of carbonyl (C=O) groups is 1. The normalized spacial score (nSPS) is 16.0. The molecule has 0 saturated heterocycles. The van der Waals surface area contributed by atoms with Gasteiger partial charge in [-0.15, -0.1) is 11.3 Å². The molecule has 21 heavy (non-hydrogen) atoms. The van der Waals surface area contributed by atoms with Crippen molar-refractivity contribution >= 4 is 33.2 Å². The van der Waals surface area contributed by atoms with Crippen LogP contribution in [0.5, 0.6) is 0 Å². The molecule has 1 unspecified atom stereocenters. The lowest BCUT2D eigenvalue weighted by atomic mass is 9.99. The van der Waals surface area contributed by atoms with E-state index in [2.05, 4.69) is 53.3 Å². The fourth-order valence-electron chi connectivity index (χ4n) is 2.65. The van der Waals surface area contributed by atoms with E-state index in [0.29, 0.717) is 0 Å². The highest BCUT2D eigenvalue weighted by Gasteiger charge is 2.19. The van der Waals surface area contributed by atoms with Crippen LogP contribution in [0.4, 0.5) is 0 Å². The summed E-state index contributed by atoms with van der Waals surface area (Å²) in [6.07, 6.45) is 1.98. The number of hydrogen-bond donors (Lipinski definition) is 1. The van der Waals surface area contributed by atoms with Gasteiger partial charge in [0, 0.05) is 21.9 Å². The highest BCUT2D eigenvalue weighted by molar-refractivity contribution is 9.09. The van der Waals surface area contributed by atoms with E-state index < -0.39 is 0 Å². The first-order valence-electron chi connectivity index (χ1n) is 7.18. The lowest BCUT2D eigenvalue weighted by Gasteiger charge is -2.12. The molecule has 0 spiro atoms. The summed E-state index contributed by atoms with van der Waals surface area (Å²) < 4.78 is 0. The summed E-state index contributed by atoms with van der Waals surface area (Å²) in [6.45, 7) is 5.05. The number of aryl methyl sites for hydroxylation is 3. The molecule has 1 aliphatic heterocycles. The van der Waals surface area contributed by atoms with Crippen LogP contribution in [-0.4, -0.2) is 12.5 Å². The summed E-state index contributed by atoms with van der Waals surface area (Å²) in [5.41, 5.74) is 4.46. The summed E-state index contributed by atoms with van der Waals surface area (Å²) in [5.74, 6) is 0.0580. The molecule has 0 fully saturated rings. The molecular weight excluding hydrogens is 346 g/mol. The van der Waals surface area contributed by atoms with Gasteiger partial charge in [0.15, 0.2) is 0 Å². The molecule has 0 saturated carbocycles. The highest BCUT2D eigenvalue weighted by atomic mass is 79.9. The van der Waals surface area contributed by atoms with Crippen molar-refractivity contribution in [3.8, 4) is 0 Å². The number of fused-ring (bicyclic) bond motifs is 1. The summed E-state index contributed by atoms with van der Waals surface area (Å²) in [7, 11) is 0. The monoisotopic (exact) mass is 363 g/mol. The third-order valence-electron chi connectivity index (χ3n) is 4.01. The Labute approximate surface area is 137 Å². The molecule has 3 rings (SSSR count). The zero-order valence-corrected chi connectivity index (χ0v) is 14.6. The van der Waals surface area contributed by atoms with Gasteiger partial charge in [-0.2, -0.15) is 0 Å². The van der Waals surface area contributed by atoms with Crippen molar-refractivity contribution in [2.75, 3.05) is 6.54 Å². The van der Waals surface area contributed by atoms with E-state index in [9.17, 15) is 4.79 Å². The third-order valence-corrected chi connectivity index (χ3v) is 6.56. The van der Waals surface area contributed by atoms with Crippen molar-refractivity contribution < 1.29 is 4.79 Å². The van der Waals surface area contributed by atoms with E-state index in [-0.39, 0.29) is 10.7 Å². The molecule has 1 aromatic carbocycles. The first kappa shape index (κ1) is 14.8. The topological polar surface area (TPSA) is 29.1 Å². The fourth-order valence-corrected chi connectivity index (χ4v) is 4.39. The van der Waals surface area contributed by atoms with E-state index in [1.54, 1.807) is 0 Å². The van der Waals surface area contributed by atoms with Gasteiger partial charge in [0.2, 0.25) is 0 Å². The van der Waals surface area contributed by atoms with Gasteiger partial charge >= 0.3 is 0 Å². The molecule has 2 aromatic rings. The van der Waals surface area contributed by atoms with Gasteiger partial charge < -0.3 is 5.32 Å². The third kappa shape index (κ3) is 2.92. The van der Waals surface area contributed by atoms with E-state index in [0.717, 1.165) is 36.1 Å². The Morgan fingerprint density at radius 1 is 1.29 bits per heavy atom. The summed E-state index contributed by atoms with van der Waals surface area (Å²) >= 11 is 5.60. The standard InChI is InChI=1S/C17H18BrNOS/c1-10-8-15(21-11(10)2)16(18)13-6-5-12-4-3-7-19-17(20)14(12)9-13/h5-6,8-9,16H,3-4,7H2,1-2H3,(H,19,20). The molecule has 1 aliphatic rings. The van der Waals surface area contributed by atoms with Crippen molar-refractivity contribution in [1.29, 1.82) is 0 Å². The molecule has 110 valence electrons. The summed E-state index contributed by atoms with van der Waals surface area (Å²) in [6, 6.07) is 8.52.